The topological polar surface area (TPSA) is 88.4 Å². The number of aliphatic hydroxyl groups excluding tert-OH is 1. The van der Waals surface area contributed by atoms with Crippen molar-refractivity contribution in [2.24, 2.45) is 0 Å². The molecule has 3 heterocycles. The summed E-state index contributed by atoms with van der Waals surface area (Å²) in [5, 5.41) is 10.4. The molecular weight excluding hydrogens is 320 g/mol. The number of aliphatic hydroxyl groups is 1. The molecule has 0 spiro atoms. The Hall–Kier alpha value is -2.54. The van der Waals surface area contributed by atoms with Crippen LogP contribution in [0, 0.1) is 13.8 Å². The fraction of sp³-hybridized carbons (Fsp3) is 0.444. The molecule has 0 radical (unpaired) electrons. The number of carbonyl (C=O) groups excluding carboxylic acids is 1. The third-order valence-corrected chi connectivity index (χ3v) is 4.36. The van der Waals surface area contributed by atoms with Crippen molar-refractivity contribution in [2.45, 2.75) is 38.9 Å². The monoisotopic (exact) mass is 342 g/mol. The molecule has 0 unspecified atom stereocenters. The van der Waals surface area contributed by atoms with Gasteiger partial charge in [0.2, 0.25) is 0 Å². The first-order chi connectivity index (χ1) is 12.0. The normalized spacial score (nSPS) is 20.8. The molecule has 2 aromatic rings. The molecule has 1 saturated heterocycles. The molecule has 25 heavy (non-hydrogen) atoms. The Bertz CT molecular complexity index is 735. The number of nitrogens with zero attached hydrogens (tertiary/aromatic N) is 4. The summed E-state index contributed by atoms with van der Waals surface area (Å²) in [6.07, 6.45) is 4.80. The molecule has 1 aliphatic heterocycles. The Morgan fingerprint density at radius 3 is 2.64 bits per heavy atom. The standard InChI is InChI=1S/C18H22N4O3/c1-12-16(4-3-7-19-12)25-17-6-9-22(8-5-15(17)23)18(24)14-10-20-13(2)21-11-14/h3-4,7,10-11,15,17,23H,5-6,8-9H2,1-2H3/t15-,17-/m0/s1. The number of hydrogen-bond donors (Lipinski definition) is 1. The van der Waals surface area contributed by atoms with E-state index in [0.717, 1.165) is 5.69 Å². The summed E-state index contributed by atoms with van der Waals surface area (Å²) in [6, 6.07) is 3.64. The Balaban J connectivity index is 1.67. The highest BCUT2D eigenvalue weighted by atomic mass is 16.5. The zero-order valence-corrected chi connectivity index (χ0v) is 14.4. The molecule has 2 aromatic heterocycles. The lowest BCUT2D eigenvalue weighted by Crippen LogP contribution is -2.33. The van der Waals surface area contributed by atoms with E-state index in [4.69, 9.17) is 4.74 Å². The average molecular weight is 342 g/mol. The minimum Gasteiger partial charge on any atom is -0.486 e. The summed E-state index contributed by atoms with van der Waals surface area (Å²) in [5.74, 6) is 1.17. The van der Waals surface area contributed by atoms with Gasteiger partial charge in [-0.25, -0.2) is 9.97 Å². The molecule has 0 saturated carbocycles. The van der Waals surface area contributed by atoms with Crippen molar-refractivity contribution >= 4 is 5.91 Å². The van der Waals surface area contributed by atoms with E-state index >= 15 is 0 Å². The number of amides is 1. The van der Waals surface area contributed by atoms with E-state index in [1.54, 1.807) is 36.5 Å². The Morgan fingerprint density at radius 2 is 1.92 bits per heavy atom. The van der Waals surface area contributed by atoms with Crippen LogP contribution >= 0.6 is 0 Å². The fourth-order valence-electron chi connectivity index (χ4n) is 2.84. The summed E-state index contributed by atoms with van der Waals surface area (Å²) in [7, 11) is 0. The first kappa shape index (κ1) is 17.3. The molecule has 7 nitrogen and oxygen atoms in total. The molecule has 0 aliphatic carbocycles. The molecule has 1 aliphatic rings. The van der Waals surface area contributed by atoms with E-state index in [-0.39, 0.29) is 12.0 Å². The first-order valence-electron chi connectivity index (χ1n) is 8.39. The maximum Gasteiger partial charge on any atom is 0.256 e. The molecule has 0 aromatic carbocycles. The number of aromatic nitrogens is 3. The number of ether oxygens (including phenoxy) is 1. The summed E-state index contributed by atoms with van der Waals surface area (Å²) in [6.45, 7) is 4.62. The minimum absolute atomic E-state index is 0.120. The van der Waals surface area contributed by atoms with Crippen LogP contribution in [0.4, 0.5) is 0 Å². The van der Waals surface area contributed by atoms with E-state index in [1.807, 2.05) is 13.0 Å². The van der Waals surface area contributed by atoms with E-state index in [9.17, 15) is 9.90 Å². The largest absolute Gasteiger partial charge is 0.486 e. The summed E-state index contributed by atoms with van der Waals surface area (Å²) in [5.41, 5.74) is 1.24. The van der Waals surface area contributed by atoms with Gasteiger partial charge in [-0.15, -0.1) is 0 Å². The predicted molar refractivity (Wildman–Crippen MR) is 91.3 cm³/mol. The second-order valence-corrected chi connectivity index (χ2v) is 6.20. The summed E-state index contributed by atoms with van der Waals surface area (Å²) < 4.78 is 5.95. The van der Waals surface area contributed by atoms with E-state index in [1.165, 1.54) is 0 Å². The maximum absolute atomic E-state index is 12.6. The molecule has 1 amide bonds. The number of aryl methyl sites for hydroxylation is 2. The Morgan fingerprint density at radius 1 is 1.20 bits per heavy atom. The van der Waals surface area contributed by atoms with Crippen molar-refractivity contribution in [1.82, 2.24) is 19.9 Å². The molecule has 2 atom stereocenters. The molecule has 0 bridgehead atoms. The van der Waals surface area contributed by atoms with Crippen molar-refractivity contribution in [3.05, 3.63) is 47.8 Å². The number of rotatable bonds is 3. The highest BCUT2D eigenvalue weighted by Crippen LogP contribution is 2.22. The molecule has 7 heteroatoms. The fourth-order valence-corrected chi connectivity index (χ4v) is 2.84. The van der Waals surface area contributed by atoms with Gasteiger partial charge in [-0.3, -0.25) is 9.78 Å². The van der Waals surface area contributed by atoms with Crippen LogP contribution in [0.25, 0.3) is 0 Å². The summed E-state index contributed by atoms with van der Waals surface area (Å²) in [4.78, 5) is 26.7. The van der Waals surface area contributed by atoms with Gasteiger partial charge in [0.15, 0.2) is 0 Å². The van der Waals surface area contributed by atoms with Crippen LogP contribution in [0.1, 0.15) is 34.7 Å². The van der Waals surface area contributed by atoms with Crippen LogP contribution in [-0.2, 0) is 0 Å². The highest BCUT2D eigenvalue weighted by molar-refractivity contribution is 5.93. The number of likely N-dealkylation sites (tertiary alicyclic amines) is 1. The Labute approximate surface area is 146 Å². The van der Waals surface area contributed by atoms with Crippen LogP contribution < -0.4 is 4.74 Å². The van der Waals surface area contributed by atoms with Crippen LogP contribution in [0.15, 0.2) is 30.7 Å². The van der Waals surface area contributed by atoms with Gasteiger partial charge < -0.3 is 14.7 Å². The van der Waals surface area contributed by atoms with Crippen LogP contribution in [0.2, 0.25) is 0 Å². The molecule has 3 rings (SSSR count). The van der Waals surface area contributed by atoms with Gasteiger partial charge in [0, 0.05) is 38.1 Å². The quantitative estimate of drug-likeness (QED) is 0.910. The van der Waals surface area contributed by atoms with Crippen molar-refractivity contribution in [3.63, 3.8) is 0 Å². The predicted octanol–water partition coefficient (Wildman–Crippen LogP) is 1.53. The van der Waals surface area contributed by atoms with Crippen LogP contribution in [-0.4, -0.2) is 56.2 Å². The van der Waals surface area contributed by atoms with Gasteiger partial charge in [0.1, 0.15) is 17.7 Å². The van der Waals surface area contributed by atoms with Crippen LogP contribution in [0.5, 0.6) is 5.75 Å². The second-order valence-electron chi connectivity index (χ2n) is 6.20. The van der Waals surface area contributed by atoms with Crippen molar-refractivity contribution < 1.29 is 14.6 Å². The van der Waals surface area contributed by atoms with Gasteiger partial charge >= 0.3 is 0 Å². The maximum atomic E-state index is 12.6. The third-order valence-electron chi connectivity index (χ3n) is 4.36. The van der Waals surface area contributed by atoms with Gasteiger partial charge in [-0.2, -0.15) is 0 Å². The Kier molecular flexibility index (Phi) is 5.23. The molecular formula is C18H22N4O3. The van der Waals surface area contributed by atoms with Gasteiger partial charge in [0.25, 0.3) is 5.91 Å². The average Bonchev–Trinajstić information content (AvgIpc) is 2.79. The minimum atomic E-state index is -0.633. The smallest absolute Gasteiger partial charge is 0.256 e. The SMILES string of the molecule is Cc1ncc(C(=O)N2CC[C@H](Oc3cccnc3C)[C@@H](O)CC2)cn1. The lowest BCUT2D eigenvalue weighted by molar-refractivity contribution is 0.0343. The van der Waals surface area contributed by atoms with E-state index in [0.29, 0.717) is 43.1 Å². The zero-order valence-electron chi connectivity index (χ0n) is 14.4. The van der Waals surface area contributed by atoms with E-state index in [2.05, 4.69) is 15.0 Å². The zero-order chi connectivity index (χ0) is 17.8. The van der Waals surface area contributed by atoms with Crippen molar-refractivity contribution in [2.75, 3.05) is 13.1 Å². The lowest BCUT2D eigenvalue weighted by atomic mass is 10.1. The van der Waals surface area contributed by atoms with Gasteiger partial charge in [-0.1, -0.05) is 0 Å². The molecule has 1 fully saturated rings. The van der Waals surface area contributed by atoms with E-state index < -0.39 is 6.10 Å². The van der Waals surface area contributed by atoms with Crippen molar-refractivity contribution in [3.8, 4) is 5.75 Å². The number of carbonyl (C=O) groups is 1. The molecule has 1 N–H and O–H groups in total. The van der Waals surface area contributed by atoms with Crippen LogP contribution in [0.3, 0.4) is 0 Å². The lowest BCUT2D eigenvalue weighted by Gasteiger charge is -2.22. The molecule has 132 valence electrons. The number of pyridine rings is 1. The van der Waals surface area contributed by atoms with Crippen molar-refractivity contribution in [1.29, 1.82) is 0 Å². The van der Waals surface area contributed by atoms with Gasteiger partial charge in [-0.05, 0) is 32.4 Å². The third kappa shape index (κ3) is 4.11. The van der Waals surface area contributed by atoms with Gasteiger partial charge in [0.05, 0.1) is 17.4 Å². The number of hydrogen-bond acceptors (Lipinski definition) is 6. The second kappa shape index (κ2) is 7.57. The highest BCUT2D eigenvalue weighted by Gasteiger charge is 2.29. The first-order valence-corrected chi connectivity index (χ1v) is 8.39. The summed E-state index contributed by atoms with van der Waals surface area (Å²) >= 11 is 0.